The third kappa shape index (κ3) is 2.11. The highest BCUT2D eigenvalue weighted by Crippen LogP contribution is 2.30. The van der Waals surface area contributed by atoms with Crippen LogP contribution in [0.15, 0.2) is 18.2 Å². The summed E-state index contributed by atoms with van der Waals surface area (Å²) < 4.78 is 0. The van der Waals surface area contributed by atoms with E-state index in [9.17, 15) is 0 Å². The maximum atomic E-state index is 6.33. The fourth-order valence-corrected chi connectivity index (χ4v) is 2.29. The van der Waals surface area contributed by atoms with E-state index in [4.69, 9.17) is 11.6 Å². The van der Waals surface area contributed by atoms with Crippen molar-refractivity contribution in [3.05, 3.63) is 28.8 Å². The van der Waals surface area contributed by atoms with Gasteiger partial charge in [0.25, 0.3) is 0 Å². The molecule has 0 aromatic heterocycles. The van der Waals surface area contributed by atoms with Gasteiger partial charge >= 0.3 is 0 Å². The van der Waals surface area contributed by atoms with Crippen molar-refractivity contribution in [2.45, 2.75) is 19.9 Å². The molecule has 1 saturated heterocycles. The third-order valence-electron chi connectivity index (χ3n) is 2.98. The Morgan fingerprint density at radius 3 is 3.00 bits per heavy atom. The normalized spacial score (nSPS) is 21.8. The minimum atomic E-state index is 0.512. The van der Waals surface area contributed by atoms with Crippen LogP contribution in [0, 0.1) is 6.92 Å². The van der Waals surface area contributed by atoms with Crippen LogP contribution in [0.1, 0.15) is 12.5 Å². The summed E-state index contributed by atoms with van der Waals surface area (Å²) in [7, 11) is 0. The highest BCUT2D eigenvalue weighted by Gasteiger charge is 2.20. The molecule has 1 aromatic carbocycles. The van der Waals surface area contributed by atoms with Crippen LogP contribution in [0.5, 0.6) is 0 Å². The van der Waals surface area contributed by atoms with Gasteiger partial charge in [0.15, 0.2) is 0 Å². The van der Waals surface area contributed by atoms with Gasteiger partial charge in [0, 0.05) is 25.7 Å². The van der Waals surface area contributed by atoms with Crippen molar-refractivity contribution in [3.8, 4) is 0 Å². The molecule has 1 unspecified atom stereocenters. The van der Waals surface area contributed by atoms with Gasteiger partial charge in [0.05, 0.1) is 10.7 Å². The number of halogens is 1. The van der Waals surface area contributed by atoms with Crippen LogP contribution in [0.4, 0.5) is 5.69 Å². The lowest BCUT2D eigenvalue weighted by Gasteiger charge is -2.36. The van der Waals surface area contributed by atoms with Crippen molar-refractivity contribution in [3.63, 3.8) is 0 Å². The average molecular weight is 225 g/mol. The van der Waals surface area contributed by atoms with Crippen LogP contribution in [0.3, 0.4) is 0 Å². The largest absolute Gasteiger partial charge is 0.365 e. The Balaban J connectivity index is 2.31. The Labute approximate surface area is 96.2 Å². The SMILES string of the molecule is Cc1cccc(N2CCNCC2C)c1Cl. The molecule has 1 aliphatic heterocycles. The van der Waals surface area contributed by atoms with E-state index in [1.165, 1.54) is 5.69 Å². The molecule has 1 N–H and O–H groups in total. The van der Waals surface area contributed by atoms with Crippen LogP contribution in [-0.2, 0) is 0 Å². The Bertz CT molecular complexity index is 351. The smallest absolute Gasteiger partial charge is 0.0668 e. The number of hydrogen-bond acceptors (Lipinski definition) is 2. The second-order valence-corrected chi connectivity index (χ2v) is 4.53. The number of anilines is 1. The number of benzene rings is 1. The van der Waals surface area contributed by atoms with E-state index in [-0.39, 0.29) is 0 Å². The van der Waals surface area contributed by atoms with Gasteiger partial charge < -0.3 is 10.2 Å². The molecule has 0 bridgehead atoms. The fourth-order valence-electron chi connectivity index (χ4n) is 2.05. The summed E-state index contributed by atoms with van der Waals surface area (Å²) in [6, 6.07) is 6.75. The molecule has 0 amide bonds. The summed E-state index contributed by atoms with van der Waals surface area (Å²) >= 11 is 6.33. The number of hydrogen-bond donors (Lipinski definition) is 1. The maximum Gasteiger partial charge on any atom is 0.0668 e. The van der Waals surface area contributed by atoms with E-state index >= 15 is 0 Å². The molecule has 2 rings (SSSR count). The van der Waals surface area contributed by atoms with Crippen LogP contribution < -0.4 is 10.2 Å². The topological polar surface area (TPSA) is 15.3 Å². The summed E-state index contributed by atoms with van der Waals surface area (Å²) in [6.07, 6.45) is 0. The molecule has 82 valence electrons. The maximum absolute atomic E-state index is 6.33. The Hall–Kier alpha value is -0.730. The highest BCUT2D eigenvalue weighted by molar-refractivity contribution is 6.34. The first-order valence-electron chi connectivity index (χ1n) is 5.42. The highest BCUT2D eigenvalue weighted by atomic mass is 35.5. The zero-order chi connectivity index (χ0) is 10.8. The summed E-state index contributed by atoms with van der Waals surface area (Å²) in [5, 5.41) is 4.28. The van der Waals surface area contributed by atoms with Crippen LogP contribution in [0.25, 0.3) is 0 Å². The number of nitrogens with zero attached hydrogens (tertiary/aromatic N) is 1. The second-order valence-electron chi connectivity index (χ2n) is 4.15. The van der Waals surface area contributed by atoms with Gasteiger partial charge in [0.2, 0.25) is 0 Å². The lowest BCUT2D eigenvalue weighted by atomic mass is 10.1. The van der Waals surface area contributed by atoms with Crippen LogP contribution in [0.2, 0.25) is 5.02 Å². The summed E-state index contributed by atoms with van der Waals surface area (Å²) in [5.74, 6) is 0. The fraction of sp³-hybridized carbons (Fsp3) is 0.500. The molecular formula is C12H17ClN2. The molecule has 1 fully saturated rings. The van der Waals surface area contributed by atoms with Gasteiger partial charge in [-0.05, 0) is 25.5 Å². The minimum absolute atomic E-state index is 0.512. The molecule has 3 heteroatoms. The van der Waals surface area contributed by atoms with Crippen LogP contribution in [-0.4, -0.2) is 25.7 Å². The number of rotatable bonds is 1. The van der Waals surface area contributed by atoms with Crippen molar-refractivity contribution in [1.29, 1.82) is 0 Å². The molecule has 2 nitrogen and oxygen atoms in total. The molecule has 15 heavy (non-hydrogen) atoms. The third-order valence-corrected chi connectivity index (χ3v) is 3.47. The lowest BCUT2D eigenvalue weighted by Crippen LogP contribution is -2.50. The van der Waals surface area contributed by atoms with Crippen molar-refractivity contribution >= 4 is 17.3 Å². The Morgan fingerprint density at radius 1 is 1.47 bits per heavy atom. The lowest BCUT2D eigenvalue weighted by molar-refractivity contribution is 0.501. The predicted octanol–water partition coefficient (Wildman–Crippen LogP) is 2.45. The van der Waals surface area contributed by atoms with Crippen molar-refractivity contribution < 1.29 is 0 Å². The number of aryl methyl sites for hydroxylation is 1. The molecule has 1 heterocycles. The average Bonchev–Trinajstić information content (AvgIpc) is 2.23. The Kier molecular flexibility index (Phi) is 3.17. The quantitative estimate of drug-likeness (QED) is 0.789. The molecule has 0 spiro atoms. The first-order chi connectivity index (χ1) is 7.20. The van der Waals surface area contributed by atoms with E-state index < -0.39 is 0 Å². The summed E-state index contributed by atoms with van der Waals surface area (Å²) in [5.41, 5.74) is 2.32. The predicted molar refractivity (Wildman–Crippen MR) is 65.9 cm³/mol. The molecule has 1 atom stereocenters. The Morgan fingerprint density at radius 2 is 2.27 bits per heavy atom. The first-order valence-corrected chi connectivity index (χ1v) is 5.80. The molecule has 0 aliphatic carbocycles. The second kappa shape index (κ2) is 4.42. The van der Waals surface area contributed by atoms with Gasteiger partial charge in [-0.25, -0.2) is 0 Å². The van der Waals surface area contributed by atoms with E-state index in [1.54, 1.807) is 0 Å². The molecule has 1 aromatic rings. The number of piperazine rings is 1. The van der Waals surface area contributed by atoms with Gasteiger partial charge in [-0.2, -0.15) is 0 Å². The van der Waals surface area contributed by atoms with E-state index in [1.807, 2.05) is 0 Å². The van der Waals surface area contributed by atoms with Gasteiger partial charge in [-0.1, -0.05) is 23.7 Å². The van der Waals surface area contributed by atoms with Gasteiger partial charge in [-0.3, -0.25) is 0 Å². The van der Waals surface area contributed by atoms with Crippen molar-refractivity contribution in [1.82, 2.24) is 5.32 Å². The van der Waals surface area contributed by atoms with E-state index in [0.717, 1.165) is 30.2 Å². The van der Waals surface area contributed by atoms with Crippen LogP contribution >= 0.6 is 11.6 Å². The standard InChI is InChI=1S/C12H17ClN2/c1-9-4-3-5-11(12(9)13)15-7-6-14-8-10(15)2/h3-5,10,14H,6-8H2,1-2H3. The minimum Gasteiger partial charge on any atom is -0.365 e. The molecule has 0 saturated carbocycles. The molecule has 0 radical (unpaired) electrons. The zero-order valence-corrected chi connectivity index (χ0v) is 10.0. The van der Waals surface area contributed by atoms with Gasteiger partial charge in [0.1, 0.15) is 0 Å². The summed E-state index contributed by atoms with van der Waals surface area (Å²) in [6.45, 7) is 7.38. The molecular weight excluding hydrogens is 208 g/mol. The first kappa shape index (κ1) is 10.8. The van der Waals surface area contributed by atoms with Crippen molar-refractivity contribution in [2.24, 2.45) is 0 Å². The van der Waals surface area contributed by atoms with E-state index in [0.29, 0.717) is 6.04 Å². The molecule has 1 aliphatic rings. The number of nitrogens with one attached hydrogen (secondary N) is 1. The summed E-state index contributed by atoms with van der Waals surface area (Å²) in [4.78, 5) is 2.38. The van der Waals surface area contributed by atoms with Gasteiger partial charge in [-0.15, -0.1) is 0 Å². The monoisotopic (exact) mass is 224 g/mol. The van der Waals surface area contributed by atoms with Crippen molar-refractivity contribution in [2.75, 3.05) is 24.5 Å². The zero-order valence-electron chi connectivity index (χ0n) is 9.26. The van der Waals surface area contributed by atoms with E-state index in [2.05, 4.69) is 42.3 Å².